The summed E-state index contributed by atoms with van der Waals surface area (Å²) in [4.78, 5) is 26.1. The summed E-state index contributed by atoms with van der Waals surface area (Å²) in [5.74, 6) is 0.274. The van der Waals surface area contributed by atoms with Crippen LogP contribution in [0.1, 0.15) is 55.4 Å². The minimum absolute atomic E-state index is 0.0374. The van der Waals surface area contributed by atoms with Crippen LogP contribution >= 0.6 is 0 Å². The Morgan fingerprint density at radius 2 is 1.80 bits per heavy atom. The first kappa shape index (κ1) is 18.8. The summed E-state index contributed by atoms with van der Waals surface area (Å²) < 4.78 is 5.32. The second-order valence-electron chi connectivity index (χ2n) is 7.21. The van der Waals surface area contributed by atoms with Crippen molar-refractivity contribution in [3.8, 4) is 0 Å². The van der Waals surface area contributed by atoms with E-state index in [1.165, 1.54) is 0 Å². The molecule has 0 bridgehead atoms. The van der Waals surface area contributed by atoms with E-state index in [1.54, 1.807) is 36.4 Å². The zero-order valence-electron chi connectivity index (χ0n) is 15.5. The van der Waals surface area contributed by atoms with Gasteiger partial charge in [0.1, 0.15) is 5.76 Å². The fourth-order valence-corrected chi connectivity index (χ4v) is 2.44. The zero-order valence-corrected chi connectivity index (χ0v) is 15.5. The predicted octanol–water partition coefficient (Wildman–Crippen LogP) is 3.53. The van der Waals surface area contributed by atoms with Gasteiger partial charge >= 0.3 is 0 Å². The van der Waals surface area contributed by atoms with Gasteiger partial charge in [-0.05, 0) is 42.2 Å². The lowest BCUT2D eigenvalue weighted by Crippen LogP contribution is -2.39. The van der Waals surface area contributed by atoms with E-state index < -0.39 is 0 Å². The van der Waals surface area contributed by atoms with Gasteiger partial charge < -0.3 is 14.6 Å². The predicted molar refractivity (Wildman–Crippen MR) is 97.4 cm³/mol. The van der Waals surface area contributed by atoms with Gasteiger partial charge in [0.05, 0.1) is 18.8 Å². The first-order chi connectivity index (χ1) is 11.7. The molecule has 25 heavy (non-hydrogen) atoms. The van der Waals surface area contributed by atoms with Gasteiger partial charge in [-0.2, -0.15) is 0 Å². The van der Waals surface area contributed by atoms with Crippen molar-refractivity contribution < 1.29 is 14.0 Å². The molecule has 5 nitrogen and oxygen atoms in total. The number of benzene rings is 1. The summed E-state index contributed by atoms with van der Waals surface area (Å²) in [5.41, 5.74) is 1.74. The van der Waals surface area contributed by atoms with Crippen LogP contribution in [0.25, 0.3) is 0 Å². The van der Waals surface area contributed by atoms with E-state index in [-0.39, 0.29) is 29.8 Å². The maximum absolute atomic E-state index is 12.3. The fraction of sp³-hybridized carbons (Fsp3) is 0.400. The van der Waals surface area contributed by atoms with Gasteiger partial charge in [-0.1, -0.05) is 32.9 Å². The molecule has 0 aliphatic rings. The molecule has 1 heterocycles. The molecule has 2 rings (SSSR count). The highest BCUT2D eigenvalue weighted by Crippen LogP contribution is 2.22. The Bertz CT molecular complexity index is 712. The maximum Gasteiger partial charge on any atom is 0.251 e. The summed E-state index contributed by atoms with van der Waals surface area (Å²) in [6, 6.07) is 10.9. The standard InChI is InChI=1S/C20H26N2O3/c1-14(17-7-6-12-25-17)22(5)18(23)13-21-19(24)15-8-10-16(11-9-15)20(2,3)4/h6-12,14H,13H2,1-5H3,(H,21,24). The molecule has 0 saturated carbocycles. The van der Waals surface area contributed by atoms with Crippen LogP contribution in [0.2, 0.25) is 0 Å². The van der Waals surface area contributed by atoms with E-state index in [1.807, 2.05) is 25.1 Å². The number of carbonyl (C=O) groups excluding carboxylic acids is 2. The average molecular weight is 342 g/mol. The van der Waals surface area contributed by atoms with Crippen molar-refractivity contribution in [3.05, 3.63) is 59.5 Å². The fourth-order valence-electron chi connectivity index (χ4n) is 2.44. The van der Waals surface area contributed by atoms with Gasteiger partial charge in [-0.3, -0.25) is 9.59 Å². The van der Waals surface area contributed by atoms with E-state index in [9.17, 15) is 9.59 Å². The molecule has 1 aromatic carbocycles. The number of rotatable bonds is 5. The Hall–Kier alpha value is -2.56. The third kappa shape index (κ3) is 4.72. The molecule has 0 aliphatic carbocycles. The number of nitrogens with zero attached hydrogens (tertiary/aromatic N) is 1. The molecule has 5 heteroatoms. The number of nitrogens with one attached hydrogen (secondary N) is 1. The van der Waals surface area contributed by atoms with Crippen LogP contribution < -0.4 is 5.32 Å². The maximum atomic E-state index is 12.3. The third-order valence-corrected chi connectivity index (χ3v) is 4.34. The van der Waals surface area contributed by atoms with Crippen molar-refractivity contribution in [3.63, 3.8) is 0 Å². The number of amides is 2. The Kier molecular flexibility index (Phi) is 5.67. The Morgan fingerprint density at radius 3 is 2.32 bits per heavy atom. The van der Waals surface area contributed by atoms with Crippen molar-refractivity contribution in [1.82, 2.24) is 10.2 Å². The lowest BCUT2D eigenvalue weighted by atomic mass is 9.87. The second-order valence-corrected chi connectivity index (χ2v) is 7.21. The summed E-state index contributed by atoms with van der Waals surface area (Å²) in [7, 11) is 1.69. The van der Waals surface area contributed by atoms with Gasteiger partial charge in [0.15, 0.2) is 0 Å². The van der Waals surface area contributed by atoms with E-state index in [0.717, 1.165) is 5.56 Å². The molecule has 1 atom stereocenters. The van der Waals surface area contributed by atoms with Gasteiger partial charge in [0.25, 0.3) is 5.91 Å². The molecule has 0 aliphatic heterocycles. The summed E-state index contributed by atoms with van der Waals surface area (Å²) >= 11 is 0. The molecule has 134 valence electrons. The van der Waals surface area contributed by atoms with Crippen LogP contribution in [-0.2, 0) is 10.2 Å². The molecule has 0 saturated heterocycles. The molecule has 1 N–H and O–H groups in total. The monoisotopic (exact) mass is 342 g/mol. The quantitative estimate of drug-likeness (QED) is 0.904. The lowest BCUT2D eigenvalue weighted by Gasteiger charge is -2.23. The highest BCUT2D eigenvalue weighted by atomic mass is 16.3. The SMILES string of the molecule is CC(c1ccco1)N(C)C(=O)CNC(=O)c1ccc(C(C)(C)C)cc1. The van der Waals surface area contributed by atoms with Crippen LogP contribution in [0.5, 0.6) is 0 Å². The molecule has 0 radical (unpaired) electrons. The number of carbonyl (C=O) groups is 2. The Labute approximate surface area is 149 Å². The van der Waals surface area contributed by atoms with Crippen molar-refractivity contribution in [2.45, 2.75) is 39.2 Å². The van der Waals surface area contributed by atoms with Gasteiger partial charge in [-0.15, -0.1) is 0 Å². The first-order valence-corrected chi connectivity index (χ1v) is 8.38. The Morgan fingerprint density at radius 1 is 1.16 bits per heavy atom. The zero-order chi connectivity index (χ0) is 18.6. The van der Waals surface area contributed by atoms with Crippen molar-refractivity contribution >= 4 is 11.8 Å². The molecule has 0 fully saturated rings. The topological polar surface area (TPSA) is 62.6 Å². The number of likely N-dealkylation sites (N-methyl/N-ethyl adjacent to an activating group) is 1. The van der Waals surface area contributed by atoms with Crippen LogP contribution in [0.15, 0.2) is 47.1 Å². The van der Waals surface area contributed by atoms with Crippen LogP contribution in [-0.4, -0.2) is 30.3 Å². The highest BCUT2D eigenvalue weighted by Gasteiger charge is 2.20. The molecule has 1 aromatic heterocycles. The summed E-state index contributed by atoms with van der Waals surface area (Å²) in [6.45, 7) is 8.19. The minimum Gasteiger partial charge on any atom is -0.467 e. The van der Waals surface area contributed by atoms with Crippen LogP contribution in [0.3, 0.4) is 0 Å². The number of hydrogen-bond donors (Lipinski definition) is 1. The minimum atomic E-state index is -0.257. The molecular formula is C20H26N2O3. The largest absolute Gasteiger partial charge is 0.467 e. The van der Waals surface area contributed by atoms with Crippen molar-refractivity contribution in [2.75, 3.05) is 13.6 Å². The van der Waals surface area contributed by atoms with Crippen LogP contribution in [0.4, 0.5) is 0 Å². The van der Waals surface area contributed by atoms with E-state index in [2.05, 4.69) is 26.1 Å². The van der Waals surface area contributed by atoms with Gasteiger partial charge in [-0.25, -0.2) is 0 Å². The molecule has 2 amide bonds. The van der Waals surface area contributed by atoms with Crippen LogP contribution in [0, 0.1) is 0 Å². The third-order valence-electron chi connectivity index (χ3n) is 4.34. The van der Waals surface area contributed by atoms with E-state index >= 15 is 0 Å². The number of hydrogen-bond acceptors (Lipinski definition) is 3. The Balaban J connectivity index is 1.92. The smallest absolute Gasteiger partial charge is 0.251 e. The van der Waals surface area contributed by atoms with E-state index in [0.29, 0.717) is 11.3 Å². The second kappa shape index (κ2) is 7.55. The lowest BCUT2D eigenvalue weighted by molar-refractivity contribution is -0.131. The molecule has 0 spiro atoms. The van der Waals surface area contributed by atoms with Crippen molar-refractivity contribution in [2.24, 2.45) is 0 Å². The molecule has 2 aromatic rings. The van der Waals surface area contributed by atoms with Gasteiger partial charge in [0, 0.05) is 12.6 Å². The number of furan rings is 1. The first-order valence-electron chi connectivity index (χ1n) is 8.38. The van der Waals surface area contributed by atoms with Crippen molar-refractivity contribution in [1.29, 1.82) is 0 Å². The normalized spacial score (nSPS) is 12.5. The average Bonchev–Trinajstić information content (AvgIpc) is 3.12. The van der Waals surface area contributed by atoms with Gasteiger partial charge in [0.2, 0.25) is 5.91 Å². The highest BCUT2D eigenvalue weighted by molar-refractivity contribution is 5.96. The molecule has 1 unspecified atom stereocenters. The molecular weight excluding hydrogens is 316 g/mol. The summed E-state index contributed by atoms with van der Waals surface area (Å²) in [5, 5.41) is 2.68. The van der Waals surface area contributed by atoms with E-state index in [4.69, 9.17) is 4.42 Å². The summed E-state index contributed by atoms with van der Waals surface area (Å²) in [6.07, 6.45) is 1.58.